The van der Waals surface area contributed by atoms with Gasteiger partial charge in [-0.15, -0.1) is 0 Å². The van der Waals surface area contributed by atoms with Crippen molar-refractivity contribution >= 4 is 16.1 Å². The Morgan fingerprint density at radius 2 is 1.59 bits per heavy atom. The van der Waals surface area contributed by atoms with E-state index in [2.05, 4.69) is 0 Å². The lowest BCUT2D eigenvalue weighted by atomic mass is 10.00. The van der Waals surface area contributed by atoms with Gasteiger partial charge in [-0.2, -0.15) is 8.42 Å². The second kappa shape index (κ2) is 8.67. The Labute approximate surface area is 161 Å². The van der Waals surface area contributed by atoms with E-state index >= 15 is 0 Å². The summed E-state index contributed by atoms with van der Waals surface area (Å²) < 4.78 is 35.5. The average Bonchev–Trinajstić information content (AvgIpc) is 2.58. The minimum absolute atomic E-state index is 0.0655. The number of carbonyl (C=O) groups excluding carboxylic acids is 1. The minimum atomic E-state index is -3.95. The Morgan fingerprint density at radius 3 is 2.15 bits per heavy atom. The molecule has 146 valence electrons. The van der Waals surface area contributed by atoms with E-state index in [9.17, 15) is 13.2 Å². The number of carbonyl (C=O) groups is 1. The van der Waals surface area contributed by atoms with Crippen molar-refractivity contribution in [3.8, 4) is 0 Å². The van der Waals surface area contributed by atoms with Crippen LogP contribution in [0.4, 0.5) is 0 Å². The fraction of sp³-hybridized carbons (Fsp3) is 0.381. The van der Waals surface area contributed by atoms with Crippen molar-refractivity contribution in [2.45, 2.75) is 44.6 Å². The predicted molar refractivity (Wildman–Crippen MR) is 104 cm³/mol. The molecule has 27 heavy (non-hydrogen) atoms. The molecule has 0 aliphatic rings. The fourth-order valence-corrected chi connectivity index (χ4v) is 3.39. The molecule has 0 bridgehead atoms. The van der Waals surface area contributed by atoms with E-state index in [4.69, 9.17) is 8.92 Å². The first-order valence-electron chi connectivity index (χ1n) is 8.80. The Balaban J connectivity index is 2.15. The molecule has 0 spiro atoms. The van der Waals surface area contributed by atoms with Crippen LogP contribution in [-0.2, 0) is 30.3 Å². The van der Waals surface area contributed by atoms with Crippen LogP contribution < -0.4 is 0 Å². The molecule has 6 heteroatoms. The lowest BCUT2D eigenvalue weighted by Gasteiger charge is -2.24. The monoisotopic (exact) mass is 390 g/mol. The van der Waals surface area contributed by atoms with Gasteiger partial charge in [-0.3, -0.25) is 8.98 Å². The summed E-state index contributed by atoms with van der Waals surface area (Å²) >= 11 is 0. The predicted octanol–water partition coefficient (Wildman–Crippen LogP) is 3.90. The lowest BCUT2D eigenvalue weighted by Crippen LogP contribution is -2.32. The van der Waals surface area contributed by atoms with Crippen molar-refractivity contribution in [3.05, 3.63) is 65.7 Å². The summed E-state index contributed by atoms with van der Waals surface area (Å²) in [5.74, 6) is -1.21. The number of hydrogen-bond donors (Lipinski definition) is 0. The molecule has 1 atom stereocenters. The second-order valence-corrected chi connectivity index (χ2v) is 9.09. The molecular weight excluding hydrogens is 364 g/mol. The summed E-state index contributed by atoms with van der Waals surface area (Å²) in [6.45, 7) is 6.91. The molecular formula is C21H26O5S. The summed E-state index contributed by atoms with van der Waals surface area (Å²) in [6, 6.07) is 15.8. The summed E-state index contributed by atoms with van der Waals surface area (Å²) in [5, 5.41) is 0. The maximum absolute atomic E-state index is 12.6. The van der Waals surface area contributed by atoms with Gasteiger partial charge in [0, 0.05) is 0 Å². The highest BCUT2D eigenvalue weighted by Gasteiger charge is 2.28. The van der Waals surface area contributed by atoms with E-state index in [1.807, 2.05) is 37.3 Å². The molecule has 0 heterocycles. The average molecular weight is 391 g/mol. The van der Waals surface area contributed by atoms with Gasteiger partial charge in [-0.25, -0.2) is 0 Å². The zero-order chi connectivity index (χ0) is 20.1. The van der Waals surface area contributed by atoms with Gasteiger partial charge in [0.25, 0.3) is 10.1 Å². The molecule has 0 amide bonds. The fourth-order valence-electron chi connectivity index (χ4n) is 2.44. The van der Waals surface area contributed by atoms with Gasteiger partial charge >= 0.3 is 5.97 Å². The Hall–Kier alpha value is -2.18. The summed E-state index contributed by atoms with van der Waals surface area (Å²) in [6.07, 6.45) is 0.333. The molecule has 0 radical (unpaired) electrons. The zero-order valence-corrected chi connectivity index (χ0v) is 17.0. The van der Waals surface area contributed by atoms with Gasteiger partial charge in [-0.05, 0) is 51.8 Å². The standard InChI is InChI=1S/C21H26O5S/c1-16-10-12-19(13-11-16)27(23,24)25-15-18(20(22)26-21(2,3)4)14-17-8-6-5-7-9-17/h5-13,18H,14-15H2,1-4H3/t18-/m1/s1. The van der Waals surface area contributed by atoms with Gasteiger partial charge in [0.15, 0.2) is 0 Å². The summed E-state index contributed by atoms with van der Waals surface area (Å²) in [5.41, 5.74) is 1.19. The topological polar surface area (TPSA) is 69.7 Å². The van der Waals surface area contributed by atoms with Crippen LogP contribution in [0.15, 0.2) is 59.5 Å². The SMILES string of the molecule is Cc1ccc(S(=O)(=O)OC[C@@H](Cc2ccccc2)C(=O)OC(C)(C)C)cc1. The van der Waals surface area contributed by atoms with Gasteiger partial charge in [0.1, 0.15) is 5.60 Å². The van der Waals surface area contributed by atoms with Crippen LogP contribution in [0.1, 0.15) is 31.9 Å². The van der Waals surface area contributed by atoms with Gasteiger partial charge in [0.05, 0.1) is 17.4 Å². The molecule has 0 aliphatic heterocycles. The Kier molecular flexibility index (Phi) is 6.78. The summed E-state index contributed by atoms with van der Waals surface area (Å²) in [7, 11) is -3.95. The van der Waals surface area contributed by atoms with Crippen LogP contribution >= 0.6 is 0 Å². The van der Waals surface area contributed by atoms with Crippen molar-refractivity contribution in [3.63, 3.8) is 0 Å². The van der Waals surface area contributed by atoms with Crippen molar-refractivity contribution in [1.82, 2.24) is 0 Å². The van der Waals surface area contributed by atoms with Crippen molar-refractivity contribution in [2.24, 2.45) is 5.92 Å². The third kappa shape index (κ3) is 6.81. The first-order valence-corrected chi connectivity index (χ1v) is 10.2. The number of aryl methyl sites for hydroxylation is 1. The van der Waals surface area contributed by atoms with Crippen molar-refractivity contribution in [2.75, 3.05) is 6.61 Å². The molecule has 0 fully saturated rings. The third-order valence-electron chi connectivity index (χ3n) is 3.80. The molecule has 0 saturated carbocycles. The van der Waals surface area contributed by atoms with Crippen molar-refractivity contribution in [1.29, 1.82) is 0 Å². The largest absolute Gasteiger partial charge is 0.460 e. The molecule has 0 aromatic heterocycles. The normalized spacial score (nSPS) is 13.2. The number of esters is 1. The molecule has 0 unspecified atom stereocenters. The van der Waals surface area contributed by atoms with Gasteiger partial charge in [0.2, 0.25) is 0 Å². The highest BCUT2D eigenvalue weighted by molar-refractivity contribution is 7.86. The van der Waals surface area contributed by atoms with Crippen LogP contribution in [-0.4, -0.2) is 26.6 Å². The molecule has 5 nitrogen and oxygen atoms in total. The first kappa shape index (κ1) is 21.1. The Morgan fingerprint density at radius 1 is 1.00 bits per heavy atom. The van der Waals surface area contributed by atoms with Crippen molar-refractivity contribution < 1.29 is 22.1 Å². The highest BCUT2D eigenvalue weighted by atomic mass is 32.2. The van der Waals surface area contributed by atoms with Crippen LogP contribution in [0, 0.1) is 12.8 Å². The smallest absolute Gasteiger partial charge is 0.312 e. The quantitative estimate of drug-likeness (QED) is 0.530. The molecule has 2 aromatic carbocycles. The number of benzene rings is 2. The molecule has 0 saturated heterocycles. The lowest BCUT2D eigenvalue weighted by molar-refractivity contribution is -0.160. The van der Waals surface area contributed by atoms with Crippen LogP contribution in [0.2, 0.25) is 0 Å². The van der Waals surface area contributed by atoms with Gasteiger partial charge in [-0.1, -0.05) is 48.0 Å². The second-order valence-electron chi connectivity index (χ2n) is 7.47. The van der Waals surface area contributed by atoms with E-state index < -0.39 is 27.6 Å². The van der Waals surface area contributed by atoms with Gasteiger partial charge < -0.3 is 4.74 Å². The number of hydrogen-bond acceptors (Lipinski definition) is 5. The molecule has 2 rings (SSSR count). The van der Waals surface area contributed by atoms with E-state index in [-0.39, 0.29) is 11.5 Å². The zero-order valence-electron chi connectivity index (χ0n) is 16.1. The van der Waals surface area contributed by atoms with Crippen LogP contribution in [0.25, 0.3) is 0 Å². The highest BCUT2D eigenvalue weighted by Crippen LogP contribution is 2.19. The first-order chi connectivity index (χ1) is 12.6. The summed E-state index contributed by atoms with van der Waals surface area (Å²) in [4.78, 5) is 12.6. The number of ether oxygens (including phenoxy) is 1. The van der Waals surface area contributed by atoms with E-state index in [1.165, 1.54) is 12.1 Å². The Bertz CT molecular complexity index is 850. The maximum atomic E-state index is 12.6. The van der Waals surface area contributed by atoms with Crippen LogP contribution in [0.5, 0.6) is 0 Å². The molecule has 2 aromatic rings. The van der Waals surface area contributed by atoms with E-state index in [0.717, 1.165) is 11.1 Å². The third-order valence-corrected chi connectivity index (χ3v) is 5.09. The number of rotatable bonds is 7. The van der Waals surface area contributed by atoms with E-state index in [0.29, 0.717) is 6.42 Å². The maximum Gasteiger partial charge on any atom is 0.312 e. The minimum Gasteiger partial charge on any atom is -0.460 e. The van der Waals surface area contributed by atoms with E-state index in [1.54, 1.807) is 32.9 Å². The van der Waals surface area contributed by atoms with Crippen LogP contribution in [0.3, 0.4) is 0 Å². The molecule has 0 aliphatic carbocycles. The molecule has 0 N–H and O–H groups in total.